The molecule has 0 saturated carbocycles. The third-order valence-electron chi connectivity index (χ3n) is 5.62. The number of rotatable bonds is 5. The van der Waals surface area contributed by atoms with E-state index in [9.17, 15) is 0 Å². The van der Waals surface area contributed by atoms with Crippen molar-refractivity contribution in [3.05, 3.63) is 35.4 Å². The van der Waals surface area contributed by atoms with Gasteiger partial charge in [-0.05, 0) is 94.2 Å². The SMILES string of the molecule is CC(C)(C)[PH+](Cc1ccccc1C[PH+](C(C)(C)C)C(C)(C)C)C(C)(C)C.CC[C-]=O.[Cl][Pd+]. The molecule has 5 heteroatoms. The number of hydrogen-bond donors (Lipinski definition) is 0. The van der Waals surface area contributed by atoms with E-state index in [1.54, 1.807) is 24.3 Å². The topological polar surface area (TPSA) is 17.1 Å². The van der Waals surface area contributed by atoms with Crippen LogP contribution < -0.4 is 0 Å². The molecule has 0 N–H and O–H groups in total. The summed E-state index contributed by atoms with van der Waals surface area (Å²) in [6, 6.07) is 9.35. The summed E-state index contributed by atoms with van der Waals surface area (Å²) in [5.41, 5.74) is 3.25. The Balaban J connectivity index is 0. The zero-order chi connectivity index (χ0) is 26.0. The maximum absolute atomic E-state index is 9.05. The quantitative estimate of drug-likeness (QED) is 0.188. The van der Waals surface area contributed by atoms with Crippen LogP contribution in [0.25, 0.3) is 0 Å². The molecule has 0 radical (unpaired) electrons. The van der Waals surface area contributed by atoms with Crippen molar-refractivity contribution in [3.8, 4) is 0 Å². The number of benzene rings is 1. The van der Waals surface area contributed by atoms with Crippen molar-refractivity contribution in [1.82, 2.24) is 0 Å². The summed E-state index contributed by atoms with van der Waals surface area (Å²) >= 11 is 2.22. The van der Waals surface area contributed by atoms with Gasteiger partial charge in [-0.1, -0.05) is 31.2 Å². The first-order valence-corrected chi connectivity index (χ1v) is 17.0. The number of carbonyl (C=O) groups excluding carboxylic acids is 1. The summed E-state index contributed by atoms with van der Waals surface area (Å²) in [6.07, 6.45) is 4.77. The van der Waals surface area contributed by atoms with Gasteiger partial charge in [0.05, 0.1) is 32.9 Å². The van der Waals surface area contributed by atoms with Crippen LogP contribution in [0.1, 0.15) is 108 Å². The predicted molar refractivity (Wildman–Crippen MR) is 151 cm³/mol. The molecule has 0 unspecified atom stereocenters. The zero-order valence-corrected chi connectivity index (χ0v) is 27.3. The summed E-state index contributed by atoms with van der Waals surface area (Å²) < 4.78 is 0. The van der Waals surface area contributed by atoms with Crippen molar-refractivity contribution < 1.29 is 23.0 Å². The van der Waals surface area contributed by atoms with Crippen LogP contribution in [0.2, 0.25) is 0 Å². The molecule has 0 aliphatic heterocycles. The fraction of sp³-hybridized carbons (Fsp3) is 0.741. The van der Waals surface area contributed by atoms with Gasteiger partial charge in [0.2, 0.25) is 0 Å². The summed E-state index contributed by atoms with van der Waals surface area (Å²) in [4.78, 5) is 9.05. The van der Waals surface area contributed by atoms with E-state index in [0.29, 0.717) is 27.0 Å². The van der Waals surface area contributed by atoms with Crippen molar-refractivity contribution >= 4 is 31.7 Å². The summed E-state index contributed by atoms with van der Waals surface area (Å²) in [7, 11) is 3.40. The molecule has 32 heavy (non-hydrogen) atoms. The Kier molecular flexibility index (Phi) is 16.3. The van der Waals surface area contributed by atoms with E-state index in [-0.39, 0.29) is 0 Å². The maximum atomic E-state index is 9.05. The van der Waals surface area contributed by atoms with Gasteiger partial charge in [-0.25, -0.2) is 0 Å². The Morgan fingerprint density at radius 3 is 1.06 bits per heavy atom. The predicted octanol–water partition coefficient (Wildman–Crippen LogP) is 9.50. The van der Waals surface area contributed by atoms with Gasteiger partial charge < -0.3 is 4.79 Å². The molecule has 0 bridgehead atoms. The van der Waals surface area contributed by atoms with Gasteiger partial charge >= 0.3 is 27.7 Å². The molecule has 1 aromatic carbocycles. The third kappa shape index (κ3) is 13.6. The molecule has 0 aliphatic carbocycles. The van der Waals surface area contributed by atoms with E-state index in [2.05, 4.69) is 135 Å². The fourth-order valence-electron chi connectivity index (χ4n) is 4.59. The van der Waals surface area contributed by atoms with Crippen molar-refractivity contribution in [2.24, 2.45) is 0 Å². The molecule has 0 aromatic heterocycles. The standard InChI is InChI=1S/C24H44P2.C3H5O.ClH.Pd/c1-21(2,3)25(22(4,5)6)17-19-15-13-14-16-20(19)18-26(23(7,8)9)24(10,11)12;1-2-3-4;;/h13-16H,17-18H2,1-12H3;2H2,1H3;1H;/q;-1;;+2/p+1. The first-order valence-electron chi connectivity index (χ1n) is 11.6. The van der Waals surface area contributed by atoms with Crippen LogP contribution in [0.3, 0.4) is 0 Å². The van der Waals surface area contributed by atoms with Gasteiger partial charge in [0, 0.05) is 15.8 Å². The minimum absolute atomic E-state index is 0.415. The Hall–Kier alpha value is 0.702. The first-order chi connectivity index (χ1) is 14.4. The monoisotopic (exact) mass is 594 g/mol. The van der Waals surface area contributed by atoms with Crippen molar-refractivity contribution in [2.45, 2.75) is 129 Å². The normalized spacial score (nSPS) is 12.7. The van der Waals surface area contributed by atoms with Gasteiger partial charge in [0.25, 0.3) is 0 Å². The second-order valence-electron chi connectivity index (χ2n) is 12.6. The zero-order valence-electron chi connectivity index (χ0n) is 23.0. The van der Waals surface area contributed by atoms with Crippen LogP contribution in [-0.4, -0.2) is 26.9 Å². The van der Waals surface area contributed by atoms with Crippen molar-refractivity contribution in [1.29, 1.82) is 0 Å². The van der Waals surface area contributed by atoms with Crippen LogP contribution >= 0.6 is 25.4 Å². The van der Waals surface area contributed by atoms with E-state index >= 15 is 0 Å². The Morgan fingerprint density at radius 2 is 0.906 bits per heavy atom. The Bertz CT molecular complexity index is 568. The van der Waals surface area contributed by atoms with Crippen molar-refractivity contribution in [3.63, 3.8) is 0 Å². The Morgan fingerprint density at radius 1 is 0.688 bits per heavy atom. The van der Waals surface area contributed by atoms with Crippen LogP contribution in [0.5, 0.6) is 0 Å². The molecule has 0 heterocycles. The molecule has 190 valence electrons. The summed E-state index contributed by atoms with van der Waals surface area (Å²) in [6.45, 7) is 31.2. The van der Waals surface area contributed by atoms with E-state index < -0.39 is 15.8 Å². The molecule has 0 atom stereocenters. The molecule has 0 fully saturated rings. The molecule has 1 aromatic rings. The summed E-state index contributed by atoms with van der Waals surface area (Å²) in [5.74, 6) is 0. The Labute approximate surface area is 218 Å². The van der Waals surface area contributed by atoms with Crippen LogP contribution in [0.15, 0.2) is 24.3 Å². The second-order valence-corrected chi connectivity index (χ2v) is 21.2. The molecule has 0 saturated heterocycles. The molecule has 0 amide bonds. The van der Waals surface area contributed by atoms with Crippen LogP contribution in [0, 0.1) is 0 Å². The first kappa shape index (κ1) is 34.9. The van der Waals surface area contributed by atoms with Gasteiger partial charge in [-0.15, -0.1) is 0 Å². The van der Waals surface area contributed by atoms with Crippen molar-refractivity contribution in [2.75, 3.05) is 0 Å². The average molecular weight is 596 g/mol. The van der Waals surface area contributed by atoms with E-state index in [1.807, 2.05) is 0 Å². The molecule has 0 spiro atoms. The molecular formula is C27H51ClOP2Pd+2. The molecule has 1 rings (SSSR count). The van der Waals surface area contributed by atoms with Gasteiger partial charge in [-0.2, -0.15) is 6.42 Å². The van der Waals surface area contributed by atoms with Gasteiger partial charge in [0.1, 0.15) is 0 Å². The second kappa shape index (κ2) is 15.0. The number of halogens is 1. The van der Waals surface area contributed by atoms with Crippen LogP contribution in [0.4, 0.5) is 0 Å². The van der Waals surface area contributed by atoms with E-state index in [0.717, 1.165) is 0 Å². The molecular weight excluding hydrogens is 544 g/mol. The molecule has 1 nitrogen and oxygen atoms in total. The van der Waals surface area contributed by atoms with Gasteiger partial charge in [-0.3, -0.25) is 6.29 Å². The van der Waals surface area contributed by atoms with E-state index in [4.69, 9.17) is 4.79 Å². The number of hydrogen-bond acceptors (Lipinski definition) is 1. The minimum atomic E-state index is -0.544. The van der Waals surface area contributed by atoms with E-state index in [1.165, 1.54) is 12.3 Å². The molecule has 0 aliphatic rings. The summed E-state index contributed by atoms with van der Waals surface area (Å²) in [5, 5.41) is 1.66. The fourth-order valence-corrected chi connectivity index (χ4v) is 12.7. The average Bonchev–Trinajstić information content (AvgIpc) is 2.63. The van der Waals surface area contributed by atoms with Gasteiger partial charge in [0.15, 0.2) is 0 Å². The van der Waals surface area contributed by atoms with Crippen LogP contribution in [-0.2, 0) is 35.3 Å². The third-order valence-corrected chi connectivity index (χ3v) is 14.3.